The predicted octanol–water partition coefficient (Wildman–Crippen LogP) is 2.17. The first-order chi connectivity index (χ1) is 7.45. The minimum absolute atomic E-state index is 0.203. The van der Waals surface area contributed by atoms with Crippen molar-refractivity contribution in [1.82, 2.24) is 4.98 Å². The number of halogens is 3. The molecule has 0 amide bonds. The highest BCUT2D eigenvalue weighted by Crippen LogP contribution is 2.26. The first-order valence-electron chi connectivity index (χ1n) is 4.05. The van der Waals surface area contributed by atoms with Crippen molar-refractivity contribution < 1.29 is 18.7 Å². The average molecular weight is 247 g/mol. The molecule has 0 aliphatic carbocycles. The zero-order valence-electron chi connectivity index (χ0n) is 7.75. The largest absolute Gasteiger partial charge is 0.481 e. The number of carbonyl (C=O) groups is 1. The van der Waals surface area contributed by atoms with Crippen LogP contribution in [-0.2, 0) is 11.2 Å². The van der Waals surface area contributed by atoms with Gasteiger partial charge in [-0.25, -0.2) is 13.8 Å². The summed E-state index contributed by atoms with van der Waals surface area (Å²) < 4.78 is 25.1. The fourth-order valence-corrected chi connectivity index (χ4v) is 1.29. The van der Waals surface area contributed by atoms with Gasteiger partial charge in [0, 0.05) is 5.56 Å². The Hall–Kier alpha value is -1.74. The quantitative estimate of drug-likeness (QED) is 0.830. The molecule has 4 nitrogen and oxygen atoms in total. The van der Waals surface area contributed by atoms with E-state index in [4.69, 9.17) is 22.0 Å². The van der Waals surface area contributed by atoms with E-state index in [1.54, 1.807) is 6.07 Å². The van der Waals surface area contributed by atoms with Crippen molar-refractivity contribution in [3.63, 3.8) is 0 Å². The summed E-state index contributed by atoms with van der Waals surface area (Å²) in [5.74, 6) is -1.30. The van der Waals surface area contributed by atoms with Gasteiger partial charge in [-0.05, 0) is 6.07 Å². The molecule has 84 valence electrons. The molecule has 0 bridgehead atoms. The first-order valence-corrected chi connectivity index (χ1v) is 4.43. The molecular weight excluding hydrogens is 242 g/mol. The van der Waals surface area contributed by atoms with E-state index in [1.165, 1.54) is 0 Å². The fraction of sp³-hybridized carbons (Fsp3) is 0.222. The molecule has 1 N–H and O–H groups in total. The zero-order valence-corrected chi connectivity index (χ0v) is 8.50. The number of nitriles is 1. The summed E-state index contributed by atoms with van der Waals surface area (Å²) in [6.07, 6.45) is -3.56. The van der Waals surface area contributed by atoms with Crippen LogP contribution in [0.4, 0.5) is 8.78 Å². The van der Waals surface area contributed by atoms with Crippen LogP contribution in [0, 0.1) is 11.3 Å². The number of pyridine rings is 1. The second-order valence-electron chi connectivity index (χ2n) is 2.85. The summed E-state index contributed by atoms with van der Waals surface area (Å²) in [5, 5.41) is 16.8. The summed E-state index contributed by atoms with van der Waals surface area (Å²) >= 11 is 5.52. The highest BCUT2D eigenvalue weighted by molar-refractivity contribution is 6.30. The smallest absolute Gasteiger partial charge is 0.309 e. The molecule has 0 aliphatic heterocycles. The molecule has 0 radical (unpaired) electrons. The van der Waals surface area contributed by atoms with Gasteiger partial charge in [-0.3, -0.25) is 4.79 Å². The minimum atomic E-state index is -2.90. The molecule has 0 aromatic carbocycles. The van der Waals surface area contributed by atoms with E-state index in [2.05, 4.69) is 4.98 Å². The van der Waals surface area contributed by atoms with Crippen LogP contribution in [-0.4, -0.2) is 16.1 Å². The summed E-state index contributed by atoms with van der Waals surface area (Å²) in [4.78, 5) is 13.9. The topological polar surface area (TPSA) is 74.0 Å². The number of carboxylic acids is 1. The van der Waals surface area contributed by atoms with Crippen LogP contribution >= 0.6 is 11.6 Å². The Morgan fingerprint density at radius 2 is 2.31 bits per heavy atom. The lowest BCUT2D eigenvalue weighted by molar-refractivity contribution is -0.136. The van der Waals surface area contributed by atoms with Gasteiger partial charge in [-0.2, -0.15) is 5.26 Å². The SMILES string of the molecule is N#Cc1cc(C(F)F)c(CC(=O)O)nc1Cl. The number of nitrogens with zero attached hydrogens (tertiary/aromatic N) is 2. The third-order valence-electron chi connectivity index (χ3n) is 1.76. The molecular formula is C9H5ClF2N2O2. The Bertz CT molecular complexity index is 471. The Labute approximate surface area is 94.1 Å². The lowest BCUT2D eigenvalue weighted by Gasteiger charge is -2.07. The lowest BCUT2D eigenvalue weighted by Crippen LogP contribution is -2.07. The van der Waals surface area contributed by atoms with E-state index < -0.39 is 24.4 Å². The molecule has 1 rings (SSSR count). The van der Waals surface area contributed by atoms with Crippen LogP contribution in [0.5, 0.6) is 0 Å². The number of hydrogen-bond acceptors (Lipinski definition) is 3. The van der Waals surface area contributed by atoms with Gasteiger partial charge in [0.15, 0.2) is 0 Å². The highest BCUT2D eigenvalue weighted by Gasteiger charge is 2.19. The number of hydrogen-bond donors (Lipinski definition) is 1. The maximum atomic E-state index is 12.5. The monoisotopic (exact) mass is 246 g/mol. The minimum Gasteiger partial charge on any atom is -0.481 e. The average Bonchev–Trinajstić information content (AvgIpc) is 2.16. The van der Waals surface area contributed by atoms with Gasteiger partial charge in [0.05, 0.1) is 17.7 Å². The summed E-state index contributed by atoms with van der Waals surface area (Å²) in [6, 6.07) is 2.46. The summed E-state index contributed by atoms with van der Waals surface area (Å²) in [5.41, 5.74) is -1.11. The highest BCUT2D eigenvalue weighted by atomic mass is 35.5. The molecule has 1 aromatic heterocycles. The number of carboxylic acid groups (broad SMARTS) is 1. The van der Waals surface area contributed by atoms with Gasteiger partial charge in [0.2, 0.25) is 0 Å². The zero-order chi connectivity index (χ0) is 12.3. The van der Waals surface area contributed by atoms with Crippen molar-refractivity contribution >= 4 is 17.6 Å². The van der Waals surface area contributed by atoms with Crippen molar-refractivity contribution in [3.8, 4) is 6.07 Å². The Morgan fingerprint density at radius 1 is 1.69 bits per heavy atom. The predicted molar refractivity (Wildman–Crippen MR) is 50.3 cm³/mol. The number of alkyl halides is 2. The second-order valence-corrected chi connectivity index (χ2v) is 3.20. The van der Waals surface area contributed by atoms with Crippen molar-refractivity contribution in [3.05, 3.63) is 28.0 Å². The molecule has 0 atom stereocenters. The molecule has 0 unspecified atom stereocenters. The van der Waals surface area contributed by atoms with E-state index in [0.717, 1.165) is 6.07 Å². The second kappa shape index (κ2) is 4.86. The summed E-state index contributed by atoms with van der Waals surface area (Å²) in [7, 11) is 0. The van der Waals surface area contributed by atoms with Gasteiger partial charge in [-0.1, -0.05) is 11.6 Å². The third kappa shape index (κ3) is 2.64. The Balaban J connectivity index is 3.31. The summed E-state index contributed by atoms with van der Waals surface area (Å²) in [6.45, 7) is 0. The van der Waals surface area contributed by atoms with Crippen LogP contribution in [0.25, 0.3) is 0 Å². The molecule has 0 saturated carbocycles. The van der Waals surface area contributed by atoms with Crippen LogP contribution in [0.1, 0.15) is 23.2 Å². The molecule has 7 heteroatoms. The van der Waals surface area contributed by atoms with Gasteiger partial charge >= 0.3 is 5.97 Å². The molecule has 1 aromatic rings. The van der Waals surface area contributed by atoms with Crippen molar-refractivity contribution in [2.45, 2.75) is 12.8 Å². The van der Waals surface area contributed by atoms with Crippen LogP contribution in [0.3, 0.4) is 0 Å². The van der Waals surface area contributed by atoms with E-state index in [-0.39, 0.29) is 16.4 Å². The van der Waals surface area contributed by atoms with Crippen LogP contribution < -0.4 is 0 Å². The number of rotatable bonds is 3. The Kier molecular flexibility index (Phi) is 3.74. The van der Waals surface area contributed by atoms with Crippen LogP contribution in [0.15, 0.2) is 6.07 Å². The standard InChI is InChI=1S/C9H5ClF2N2O2/c10-8-4(3-13)1-5(9(11)12)6(14-8)2-7(15)16/h1,9H,2H2,(H,15,16). The number of aliphatic carboxylic acids is 1. The van der Waals surface area contributed by atoms with Gasteiger partial charge < -0.3 is 5.11 Å². The van der Waals surface area contributed by atoms with Crippen molar-refractivity contribution in [2.24, 2.45) is 0 Å². The lowest BCUT2D eigenvalue weighted by atomic mass is 10.1. The van der Waals surface area contributed by atoms with E-state index in [1.807, 2.05) is 0 Å². The molecule has 0 fully saturated rings. The van der Waals surface area contributed by atoms with Crippen molar-refractivity contribution in [1.29, 1.82) is 5.26 Å². The Morgan fingerprint density at radius 3 is 2.75 bits per heavy atom. The first kappa shape index (κ1) is 12.3. The van der Waals surface area contributed by atoms with E-state index in [0.29, 0.717) is 0 Å². The maximum Gasteiger partial charge on any atom is 0.309 e. The molecule has 16 heavy (non-hydrogen) atoms. The third-order valence-corrected chi connectivity index (χ3v) is 2.05. The fourth-order valence-electron chi connectivity index (χ4n) is 1.09. The molecule has 1 heterocycles. The molecule has 0 spiro atoms. The van der Waals surface area contributed by atoms with Gasteiger partial charge in [0.25, 0.3) is 6.43 Å². The molecule has 0 aliphatic rings. The van der Waals surface area contributed by atoms with Crippen molar-refractivity contribution in [2.75, 3.05) is 0 Å². The van der Waals surface area contributed by atoms with Gasteiger partial charge in [-0.15, -0.1) is 0 Å². The molecule has 0 saturated heterocycles. The van der Waals surface area contributed by atoms with Crippen LogP contribution in [0.2, 0.25) is 5.15 Å². The number of aromatic nitrogens is 1. The van der Waals surface area contributed by atoms with E-state index in [9.17, 15) is 13.6 Å². The normalized spacial score (nSPS) is 10.2. The maximum absolute atomic E-state index is 12.5. The van der Waals surface area contributed by atoms with Gasteiger partial charge in [0.1, 0.15) is 11.2 Å². The van der Waals surface area contributed by atoms with E-state index >= 15 is 0 Å².